The zero-order chi connectivity index (χ0) is 13.3. The highest BCUT2D eigenvalue weighted by atomic mass is 16.5. The van der Waals surface area contributed by atoms with Gasteiger partial charge in [0.15, 0.2) is 0 Å². The van der Waals surface area contributed by atoms with Crippen LogP contribution in [0.2, 0.25) is 0 Å². The SMILES string of the molecule is COCCNCC(C)(C)CCCc1ccccc1. The standard InChI is InChI=1S/C16H27NO/c1-16(2,14-17-12-13-18-3)11-7-10-15-8-5-4-6-9-15/h4-6,8-9,17H,7,10-14H2,1-3H3. The Morgan fingerprint density at radius 3 is 2.56 bits per heavy atom. The number of benzene rings is 1. The van der Waals surface area contributed by atoms with Crippen molar-refractivity contribution in [1.82, 2.24) is 5.32 Å². The quantitative estimate of drug-likeness (QED) is 0.678. The number of rotatable bonds is 9. The first-order chi connectivity index (χ1) is 8.64. The van der Waals surface area contributed by atoms with Gasteiger partial charge < -0.3 is 10.1 Å². The molecular weight excluding hydrogens is 222 g/mol. The van der Waals surface area contributed by atoms with E-state index in [4.69, 9.17) is 4.74 Å². The third kappa shape index (κ3) is 6.77. The van der Waals surface area contributed by atoms with Crippen LogP contribution in [0.25, 0.3) is 0 Å². The first kappa shape index (κ1) is 15.2. The van der Waals surface area contributed by atoms with Crippen LogP contribution >= 0.6 is 0 Å². The Morgan fingerprint density at radius 1 is 1.17 bits per heavy atom. The average molecular weight is 249 g/mol. The zero-order valence-electron chi connectivity index (χ0n) is 12.0. The molecule has 0 aliphatic rings. The van der Waals surface area contributed by atoms with Crippen molar-refractivity contribution in [1.29, 1.82) is 0 Å². The van der Waals surface area contributed by atoms with E-state index in [2.05, 4.69) is 49.5 Å². The van der Waals surface area contributed by atoms with Crippen LogP contribution in [0, 0.1) is 5.41 Å². The van der Waals surface area contributed by atoms with Crippen LogP contribution in [-0.2, 0) is 11.2 Å². The Labute approximate surface area is 112 Å². The van der Waals surface area contributed by atoms with Crippen LogP contribution in [0.5, 0.6) is 0 Å². The molecule has 0 saturated heterocycles. The lowest BCUT2D eigenvalue weighted by Crippen LogP contribution is -2.31. The number of aryl methyl sites for hydroxylation is 1. The zero-order valence-corrected chi connectivity index (χ0v) is 12.0. The lowest BCUT2D eigenvalue weighted by atomic mass is 9.86. The van der Waals surface area contributed by atoms with E-state index in [0.717, 1.165) is 19.7 Å². The molecule has 0 unspecified atom stereocenters. The van der Waals surface area contributed by atoms with E-state index in [1.165, 1.54) is 24.8 Å². The molecule has 1 aromatic rings. The molecule has 0 bridgehead atoms. The Bertz CT molecular complexity index is 308. The van der Waals surface area contributed by atoms with E-state index >= 15 is 0 Å². The van der Waals surface area contributed by atoms with Crippen LogP contribution in [0.3, 0.4) is 0 Å². The second-order valence-corrected chi connectivity index (χ2v) is 5.67. The highest BCUT2D eigenvalue weighted by molar-refractivity contribution is 5.14. The summed E-state index contributed by atoms with van der Waals surface area (Å²) < 4.78 is 5.03. The summed E-state index contributed by atoms with van der Waals surface area (Å²) in [4.78, 5) is 0. The van der Waals surface area contributed by atoms with Gasteiger partial charge in [0.2, 0.25) is 0 Å². The van der Waals surface area contributed by atoms with Crippen molar-refractivity contribution < 1.29 is 4.74 Å². The summed E-state index contributed by atoms with van der Waals surface area (Å²) in [6.07, 6.45) is 3.69. The van der Waals surface area contributed by atoms with Crippen LogP contribution in [-0.4, -0.2) is 26.8 Å². The molecule has 0 fully saturated rings. The molecule has 0 amide bonds. The molecule has 1 rings (SSSR count). The van der Waals surface area contributed by atoms with Gasteiger partial charge in [-0.15, -0.1) is 0 Å². The molecule has 0 radical (unpaired) electrons. The predicted octanol–water partition coefficient (Wildman–Crippen LogP) is 3.27. The summed E-state index contributed by atoms with van der Waals surface area (Å²) in [5.41, 5.74) is 1.81. The fraction of sp³-hybridized carbons (Fsp3) is 0.625. The van der Waals surface area contributed by atoms with E-state index in [0.29, 0.717) is 5.41 Å². The highest BCUT2D eigenvalue weighted by Crippen LogP contribution is 2.22. The normalized spacial score (nSPS) is 11.7. The minimum atomic E-state index is 0.364. The van der Waals surface area contributed by atoms with Gasteiger partial charge in [0.05, 0.1) is 6.61 Å². The first-order valence-corrected chi connectivity index (χ1v) is 6.88. The van der Waals surface area contributed by atoms with Gasteiger partial charge in [-0.2, -0.15) is 0 Å². The molecule has 102 valence electrons. The molecule has 0 aliphatic heterocycles. The fourth-order valence-electron chi connectivity index (χ4n) is 2.11. The van der Waals surface area contributed by atoms with Crippen LogP contribution < -0.4 is 5.32 Å². The first-order valence-electron chi connectivity index (χ1n) is 6.88. The maximum atomic E-state index is 5.03. The minimum Gasteiger partial charge on any atom is -0.383 e. The second kappa shape index (κ2) is 8.28. The van der Waals surface area contributed by atoms with Crippen molar-refractivity contribution >= 4 is 0 Å². The third-order valence-electron chi connectivity index (χ3n) is 3.25. The van der Waals surface area contributed by atoms with E-state index in [9.17, 15) is 0 Å². The van der Waals surface area contributed by atoms with E-state index in [1.807, 2.05) is 0 Å². The molecule has 2 heteroatoms. The van der Waals surface area contributed by atoms with Crippen molar-refractivity contribution in [3.8, 4) is 0 Å². The van der Waals surface area contributed by atoms with Crippen molar-refractivity contribution in [2.45, 2.75) is 33.1 Å². The van der Waals surface area contributed by atoms with Crippen molar-refractivity contribution in [3.05, 3.63) is 35.9 Å². The van der Waals surface area contributed by atoms with Gasteiger partial charge >= 0.3 is 0 Å². The molecule has 0 aliphatic carbocycles. The largest absolute Gasteiger partial charge is 0.383 e. The topological polar surface area (TPSA) is 21.3 Å². The lowest BCUT2D eigenvalue weighted by molar-refractivity contribution is 0.192. The Balaban J connectivity index is 2.16. The number of hydrogen-bond acceptors (Lipinski definition) is 2. The van der Waals surface area contributed by atoms with Gasteiger partial charge in [-0.3, -0.25) is 0 Å². The third-order valence-corrected chi connectivity index (χ3v) is 3.25. The molecule has 0 spiro atoms. The molecule has 18 heavy (non-hydrogen) atoms. The van der Waals surface area contributed by atoms with Gasteiger partial charge in [0.1, 0.15) is 0 Å². The molecule has 0 atom stereocenters. The van der Waals surface area contributed by atoms with Gasteiger partial charge in [-0.25, -0.2) is 0 Å². The molecule has 0 heterocycles. The molecule has 1 N–H and O–H groups in total. The number of ether oxygens (including phenoxy) is 1. The minimum absolute atomic E-state index is 0.364. The van der Waals surface area contributed by atoms with Crippen molar-refractivity contribution in [2.24, 2.45) is 5.41 Å². The number of hydrogen-bond donors (Lipinski definition) is 1. The van der Waals surface area contributed by atoms with E-state index in [1.54, 1.807) is 7.11 Å². The summed E-state index contributed by atoms with van der Waals surface area (Å²) in [5, 5.41) is 3.45. The molecule has 1 aromatic carbocycles. The molecule has 2 nitrogen and oxygen atoms in total. The van der Waals surface area contributed by atoms with Crippen LogP contribution in [0.4, 0.5) is 0 Å². The summed E-state index contributed by atoms with van der Waals surface area (Å²) >= 11 is 0. The lowest BCUT2D eigenvalue weighted by Gasteiger charge is -2.25. The summed E-state index contributed by atoms with van der Waals surface area (Å²) in [7, 11) is 1.74. The van der Waals surface area contributed by atoms with E-state index in [-0.39, 0.29) is 0 Å². The summed E-state index contributed by atoms with van der Waals surface area (Å²) in [5.74, 6) is 0. The maximum absolute atomic E-state index is 5.03. The predicted molar refractivity (Wildman–Crippen MR) is 77.9 cm³/mol. The Kier molecular flexibility index (Phi) is 6.99. The number of nitrogens with one attached hydrogen (secondary N) is 1. The summed E-state index contributed by atoms with van der Waals surface area (Å²) in [6, 6.07) is 10.7. The monoisotopic (exact) mass is 249 g/mol. The summed E-state index contributed by atoms with van der Waals surface area (Å²) in [6.45, 7) is 7.46. The average Bonchev–Trinajstić information content (AvgIpc) is 2.36. The Hall–Kier alpha value is -0.860. The smallest absolute Gasteiger partial charge is 0.0587 e. The van der Waals surface area contributed by atoms with Gasteiger partial charge in [-0.05, 0) is 30.2 Å². The maximum Gasteiger partial charge on any atom is 0.0587 e. The van der Waals surface area contributed by atoms with Crippen LogP contribution in [0.15, 0.2) is 30.3 Å². The molecular formula is C16H27NO. The fourth-order valence-corrected chi connectivity index (χ4v) is 2.11. The van der Waals surface area contributed by atoms with Gasteiger partial charge in [0.25, 0.3) is 0 Å². The van der Waals surface area contributed by atoms with E-state index < -0.39 is 0 Å². The number of methoxy groups -OCH3 is 1. The molecule has 0 saturated carbocycles. The second-order valence-electron chi connectivity index (χ2n) is 5.67. The van der Waals surface area contributed by atoms with Crippen LogP contribution in [0.1, 0.15) is 32.3 Å². The highest BCUT2D eigenvalue weighted by Gasteiger charge is 2.16. The van der Waals surface area contributed by atoms with Gasteiger partial charge in [0, 0.05) is 20.2 Å². The van der Waals surface area contributed by atoms with Crippen molar-refractivity contribution in [3.63, 3.8) is 0 Å². The van der Waals surface area contributed by atoms with Crippen molar-refractivity contribution in [2.75, 3.05) is 26.8 Å². The Morgan fingerprint density at radius 2 is 1.89 bits per heavy atom. The van der Waals surface area contributed by atoms with Gasteiger partial charge in [-0.1, -0.05) is 44.2 Å². The molecule has 0 aromatic heterocycles.